The lowest BCUT2D eigenvalue weighted by molar-refractivity contribution is 0.0698. The maximum atomic E-state index is 10.7. The van der Waals surface area contributed by atoms with Crippen molar-refractivity contribution in [2.24, 2.45) is 0 Å². The van der Waals surface area contributed by atoms with Crippen molar-refractivity contribution in [2.45, 2.75) is 13.8 Å². The van der Waals surface area contributed by atoms with E-state index < -0.39 is 5.97 Å². The summed E-state index contributed by atoms with van der Waals surface area (Å²) in [7, 11) is 0. The standard InChI is InChI=1S/C8H9ClO3S/c1-3-12-6-5(9)4(2)13-7(6)8(10)11/h3H2,1-2H3,(H,10,11). The summed E-state index contributed by atoms with van der Waals surface area (Å²) >= 11 is 6.99. The molecule has 0 amide bonds. The summed E-state index contributed by atoms with van der Waals surface area (Å²) in [6.07, 6.45) is 0. The van der Waals surface area contributed by atoms with Crippen LogP contribution in [0.1, 0.15) is 21.5 Å². The second-order valence-corrected chi connectivity index (χ2v) is 3.97. The van der Waals surface area contributed by atoms with E-state index >= 15 is 0 Å². The molecule has 0 aliphatic heterocycles. The molecule has 5 heteroatoms. The van der Waals surface area contributed by atoms with E-state index in [1.165, 1.54) is 0 Å². The molecule has 1 heterocycles. The molecular formula is C8H9ClO3S. The Kier molecular flexibility index (Phi) is 3.17. The monoisotopic (exact) mass is 220 g/mol. The average Bonchev–Trinajstić information content (AvgIpc) is 2.33. The molecule has 0 aromatic carbocycles. The van der Waals surface area contributed by atoms with Crippen LogP contribution in [0, 0.1) is 6.92 Å². The Morgan fingerprint density at radius 2 is 2.31 bits per heavy atom. The molecule has 1 aromatic heterocycles. The molecule has 0 saturated heterocycles. The molecule has 0 saturated carbocycles. The van der Waals surface area contributed by atoms with E-state index in [2.05, 4.69) is 0 Å². The number of carboxylic acid groups (broad SMARTS) is 1. The Balaban J connectivity index is 3.18. The molecule has 1 N–H and O–H groups in total. The maximum absolute atomic E-state index is 10.7. The van der Waals surface area contributed by atoms with Crippen LogP contribution < -0.4 is 4.74 Å². The Morgan fingerprint density at radius 3 is 2.77 bits per heavy atom. The summed E-state index contributed by atoms with van der Waals surface area (Å²) in [6, 6.07) is 0. The van der Waals surface area contributed by atoms with Crippen LogP contribution in [0.2, 0.25) is 5.02 Å². The summed E-state index contributed by atoms with van der Waals surface area (Å²) in [6.45, 7) is 3.97. The molecule has 3 nitrogen and oxygen atoms in total. The number of aromatic carboxylic acids is 1. The SMILES string of the molecule is CCOc1c(C(=O)O)sc(C)c1Cl. The first-order valence-electron chi connectivity index (χ1n) is 3.72. The van der Waals surface area contributed by atoms with E-state index in [1.54, 1.807) is 13.8 Å². The zero-order chi connectivity index (χ0) is 10.0. The normalized spacial score (nSPS) is 10.1. The molecule has 72 valence electrons. The lowest BCUT2D eigenvalue weighted by Gasteiger charge is -2.01. The second-order valence-electron chi connectivity index (χ2n) is 2.37. The third kappa shape index (κ3) is 1.95. The fraction of sp³-hybridized carbons (Fsp3) is 0.375. The van der Waals surface area contributed by atoms with Gasteiger partial charge in [0.25, 0.3) is 0 Å². The fourth-order valence-corrected chi connectivity index (χ4v) is 2.07. The van der Waals surface area contributed by atoms with E-state index in [0.29, 0.717) is 17.4 Å². The van der Waals surface area contributed by atoms with Crippen LogP contribution in [0.5, 0.6) is 5.75 Å². The van der Waals surface area contributed by atoms with Gasteiger partial charge >= 0.3 is 5.97 Å². The Hall–Kier alpha value is -0.740. The third-order valence-electron chi connectivity index (χ3n) is 1.45. The Labute approximate surface area is 84.9 Å². The predicted octanol–water partition coefficient (Wildman–Crippen LogP) is 2.81. The van der Waals surface area contributed by atoms with Gasteiger partial charge in [0.1, 0.15) is 0 Å². The highest BCUT2D eigenvalue weighted by Crippen LogP contribution is 2.38. The topological polar surface area (TPSA) is 46.5 Å². The van der Waals surface area contributed by atoms with Crippen LogP contribution in [0.4, 0.5) is 0 Å². The average molecular weight is 221 g/mol. The zero-order valence-corrected chi connectivity index (χ0v) is 8.83. The van der Waals surface area contributed by atoms with Crippen molar-refractivity contribution in [1.29, 1.82) is 0 Å². The number of thiophene rings is 1. The molecule has 0 radical (unpaired) electrons. The minimum absolute atomic E-state index is 0.171. The van der Waals surface area contributed by atoms with Crippen LogP contribution in [-0.2, 0) is 0 Å². The molecule has 13 heavy (non-hydrogen) atoms. The molecule has 1 rings (SSSR count). The van der Waals surface area contributed by atoms with Gasteiger partial charge in [-0.2, -0.15) is 0 Å². The zero-order valence-electron chi connectivity index (χ0n) is 7.26. The molecular weight excluding hydrogens is 212 g/mol. The van der Waals surface area contributed by atoms with E-state index in [4.69, 9.17) is 21.4 Å². The van der Waals surface area contributed by atoms with Gasteiger partial charge in [-0.1, -0.05) is 11.6 Å². The van der Waals surface area contributed by atoms with E-state index in [9.17, 15) is 4.79 Å². The van der Waals surface area contributed by atoms with Crippen molar-refractivity contribution in [1.82, 2.24) is 0 Å². The number of hydrogen-bond donors (Lipinski definition) is 1. The van der Waals surface area contributed by atoms with Gasteiger partial charge in [0.15, 0.2) is 10.6 Å². The Morgan fingerprint density at radius 1 is 1.69 bits per heavy atom. The predicted molar refractivity (Wildman–Crippen MR) is 52.2 cm³/mol. The summed E-state index contributed by atoms with van der Waals surface area (Å²) in [4.78, 5) is 11.7. The minimum Gasteiger partial charge on any atom is -0.490 e. The first kappa shape index (κ1) is 10.3. The van der Waals surface area contributed by atoms with Gasteiger partial charge in [-0.3, -0.25) is 0 Å². The molecule has 0 aliphatic carbocycles. The van der Waals surface area contributed by atoms with Gasteiger partial charge in [0, 0.05) is 4.88 Å². The van der Waals surface area contributed by atoms with Crippen molar-refractivity contribution in [3.05, 3.63) is 14.8 Å². The highest BCUT2D eigenvalue weighted by molar-refractivity contribution is 7.15. The first-order chi connectivity index (χ1) is 6.07. The van der Waals surface area contributed by atoms with Crippen molar-refractivity contribution in [3.8, 4) is 5.75 Å². The number of hydrogen-bond acceptors (Lipinski definition) is 3. The second kappa shape index (κ2) is 3.98. The van der Waals surface area contributed by atoms with E-state index in [0.717, 1.165) is 16.2 Å². The van der Waals surface area contributed by atoms with Crippen LogP contribution in [-0.4, -0.2) is 17.7 Å². The van der Waals surface area contributed by atoms with Gasteiger partial charge in [0.2, 0.25) is 0 Å². The third-order valence-corrected chi connectivity index (χ3v) is 3.09. The molecule has 0 aliphatic rings. The number of carboxylic acids is 1. The number of halogens is 1. The molecule has 0 unspecified atom stereocenters. The van der Waals surface area contributed by atoms with Crippen LogP contribution in [0.25, 0.3) is 0 Å². The van der Waals surface area contributed by atoms with Gasteiger partial charge in [-0.05, 0) is 13.8 Å². The van der Waals surface area contributed by atoms with Gasteiger partial charge in [-0.15, -0.1) is 11.3 Å². The Bertz CT molecular complexity index is 332. The molecule has 0 bridgehead atoms. The quantitative estimate of drug-likeness (QED) is 0.852. The maximum Gasteiger partial charge on any atom is 0.349 e. The molecule has 0 atom stereocenters. The van der Waals surface area contributed by atoms with Gasteiger partial charge in [0.05, 0.1) is 11.6 Å². The largest absolute Gasteiger partial charge is 0.490 e. The number of ether oxygens (including phenoxy) is 1. The molecule has 0 spiro atoms. The van der Waals surface area contributed by atoms with Gasteiger partial charge < -0.3 is 9.84 Å². The number of rotatable bonds is 3. The summed E-state index contributed by atoms with van der Waals surface area (Å²) in [5.74, 6) is -0.706. The van der Waals surface area contributed by atoms with Crippen molar-refractivity contribution in [2.75, 3.05) is 6.61 Å². The molecule has 0 fully saturated rings. The van der Waals surface area contributed by atoms with Crippen molar-refractivity contribution in [3.63, 3.8) is 0 Å². The van der Waals surface area contributed by atoms with Crippen LogP contribution in [0.15, 0.2) is 0 Å². The highest BCUT2D eigenvalue weighted by Gasteiger charge is 2.20. The lowest BCUT2D eigenvalue weighted by atomic mass is 10.4. The summed E-state index contributed by atoms with van der Waals surface area (Å²) in [5, 5.41) is 9.21. The van der Waals surface area contributed by atoms with E-state index in [-0.39, 0.29) is 4.88 Å². The highest BCUT2D eigenvalue weighted by atomic mass is 35.5. The minimum atomic E-state index is -0.997. The molecule has 1 aromatic rings. The smallest absolute Gasteiger partial charge is 0.349 e. The number of aryl methyl sites for hydroxylation is 1. The summed E-state index contributed by atoms with van der Waals surface area (Å²) in [5.41, 5.74) is 0. The van der Waals surface area contributed by atoms with Gasteiger partial charge in [-0.25, -0.2) is 4.79 Å². The fourth-order valence-electron chi connectivity index (χ4n) is 0.918. The summed E-state index contributed by atoms with van der Waals surface area (Å²) < 4.78 is 5.15. The van der Waals surface area contributed by atoms with E-state index in [1.807, 2.05) is 0 Å². The number of carbonyl (C=O) groups is 1. The van der Waals surface area contributed by atoms with Crippen molar-refractivity contribution >= 4 is 28.9 Å². The van der Waals surface area contributed by atoms with Crippen molar-refractivity contribution < 1.29 is 14.6 Å². The van der Waals surface area contributed by atoms with Crippen LogP contribution >= 0.6 is 22.9 Å². The first-order valence-corrected chi connectivity index (χ1v) is 4.92. The lowest BCUT2D eigenvalue weighted by Crippen LogP contribution is -1.98. The van der Waals surface area contributed by atoms with Crippen LogP contribution in [0.3, 0.4) is 0 Å².